The van der Waals surface area contributed by atoms with Crippen molar-refractivity contribution < 1.29 is 9.53 Å². The van der Waals surface area contributed by atoms with Crippen molar-refractivity contribution in [2.24, 2.45) is 0 Å². The van der Waals surface area contributed by atoms with Crippen molar-refractivity contribution in [2.45, 2.75) is 64.0 Å². The van der Waals surface area contributed by atoms with Gasteiger partial charge in [-0.2, -0.15) is 0 Å². The first-order chi connectivity index (χ1) is 10.7. The Morgan fingerprint density at radius 3 is 2.77 bits per heavy atom. The Balaban J connectivity index is 1.75. The summed E-state index contributed by atoms with van der Waals surface area (Å²) in [6.07, 6.45) is 8.21. The van der Waals surface area contributed by atoms with Crippen LogP contribution in [0.4, 0.5) is 4.79 Å². The van der Waals surface area contributed by atoms with Crippen LogP contribution in [0, 0.1) is 0 Å². The molecule has 2 fully saturated rings. The van der Waals surface area contributed by atoms with Crippen LogP contribution in [0.5, 0.6) is 0 Å². The molecule has 22 heavy (non-hydrogen) atoms. The topological polar surface area (TPSA) is 44.8 Å². The molecule has 0 unspecified atom stereocenters. The Morgan fingerprint density at radius 2 is 2.05 bits per heavy atom. The maximum atomic E-state index is 12.4. The van der Waals surface area contributed by atoms with Gasteiger partial charge in [-0.25, -0.2) is 4.79 Å². The highest BCUT2D eigenvalue weighted by molar-refractivity contribution is 5.74. The van der Waals surface area contributed by atoms with E-state index < -0.39 is 0 Å². The second-order valence-corrected chi connectivity index (χ2v) is 6.68. The van der Waals surface area contributed by atoms with Crippen LogP contribution in [-0.2, 0) is 4.74 Å². The zero-order chi connectivity index (χ0) is 15.8. The lowest BCUT2D eigenvalue weighted by Crippen LogP contribution is -2.51. The predicted octanol–water partition coefficient (Wildman–Crippen LogP) is 2.46. The van der Waals surface area contributed by atoms with Crippen molar-refractivity contribution in [2.75, 3.05) is 39.9 Å². The second-order valence-electron chi connectivity index (χ2n) is 6.68. The number of carbonyl (C=O) groups is 1. The van der Waals surface area contributed by atoms with Crippen molar-refractivity contribution in [1.82, 2.24) is 15.1 Å². The Hall–Kier alpha value is -0.810. The van der Waals surface area contributed by atoms with Crippen molar-refractivity contribution in [3.05, 3.63) is 0 Å². The van der Waals surface area contributed by atoms with E-state index in [1.807, 2.05) is 11.9 Å². The number of hydrogen-bond acceptors (Lipinski definition) is 3. The monoisotopic (exact) mass is 311 g/mol. The molecule has 5 heteroatoms. The molecule has 0 aromatic rings. The van der Waals surface area contributed by atoms with Crippen LogP contribution in [0.15, 0.2) is 0 Å². The summed E-state index contributed by atoms with van der Waals surface area (Å²) in [5, 5.41) is 3.16. The zero-order valence-electron chi connectivity index (χ0n) is 14.4. The standard InChI is InChI=1S/C17H33N3O2/c1-3-4-10-20-11-6-5-7-16(20)14-18-17(21)19(2)15-8-12-22-13-9-15/h15-16H,3-14H2,1-2H3,(H,18,21)/t16-/m1/s1. The third-order valence-corrected chi connectivity index (χ3v) is 5.10. The van der Waals surface area contributed by atoms with E-state index in [2.05, 4.69) is 17.1 Å². The molecule has 0 spiro atoms. The van der Waals surface area contributed by atoms with Gasteiger partial charge >= 0.3 is 6.03 Å². The van der Waals surface area contributed by atoms with E-state index in [-0.39, 0.29) is 6.03 Å². The van der Waals surface area contributed by atoms with Gasteiger partial charge in [0.1, 0.15) is 0 Å². The maximum absolute atomic E-state index is 12.4. The first-order valence-electron chi connectivity index (χ1n) is 9.04. The third kappa shape index (κ3) is 5.13. The molecule has 1 atom stereocenters. The minimum absolute atomic E-state index is 0.0768. The number of unbranched alkanes of at least 4 members (excludes halogenated alkanes) is 1. The summed E-state index contributed by atoms with van der Waals surface area (Å²) in [5.74, 6) is 0. The van der Waals surface area contributed by atoms with Crippen LogP contribution in [0.1, 0.15) is 51.9 Å². The van der Waals surface area contributed by atoms with E-state index in [1.54, 1.807) is 0 Å². The van der Waals surface area contributed by atoms with E-state index in [0.29, 0.717) is 12.1 Å². The van der Waals surface area contributed by atoms with Crippen LogP contribution in [0.2, 0.25) is 0 Å². The van der Waals surface area contributed by atoms with Gasteiger partial charge < -0.3 is 15.0 Å². The molecule has 0 bridgehead atoms. The van der Waals surface area contributed by atoms with Gasteiger partial charge in [0.2, 0.25) is 0 Å². The van der Waals surface area contributed by atoms with Crippen LogP contribution in [0.25, 0.3) is 0 Å². The quantitative estimate of drug-likeness (QED) is 0.819. The number of rotatable bonds is 6. The molecule has 1 N–H and O–H groups in total. The Bertz CT molecular complexity index is 332. The minimum atomic E-state index is 0.0768. The van der Waals surface area contributed by atoms with Crippen LogP contribution < -0.4 is 5.32 Å². The number of likely N-dealkylation sites (tertiary alicyclic amines) is 1. The Labute approximate surface area is 135 Å². The molecule has 0 aromatic heterocycles. The fourth-order valence-electron chi connectivity index (χ4n) is 3.51. The molecule has 0 saturated carbocycles. The van der Waals surface area contributed by atoms with E-state index in [1.165, 1.54) is 45.2 Å². The average Bonchev–Trinajstić information content (AvgIpc) is 2.58. The molecule has 2 heterocycles. The van der Waals surface area contributed by atoms with E-state index in [4.69, 9.17) is 4.74 Å². The van der Waals surface area contributed by atoms with Crippen LogP contribution in [0.3, 0.4) is 0 Å². The Morgan fingerprint density at radius 1 is 1.27 bits per heavy atom. The maximum Gasteiger partial charge on any atom is 0.317 e. The molecule has 2 saturated heterocycles. The molecule has 2 aliphatic heterocycles. The summed E-state index contributed by atoms with van der Waals surface area (Å²) in [4.78, 5) is 16.8. The molecule has 0 radical (unpaired) electrons. The van der Waals surface area contributed by atoms with Gasteiger partial charge in [0, 0.05) is 38.9 Å². The lowest BCUT2D eigenvalue weighted by atomic mass is 10.0. The van der Waals surface area contributed by atoms with E-state index in [9.17, 15) is 4.79 Å². The Kier molecular flexibility index (Phi) is 7.46. The lowest BCUT2D eigenvalue weighted by molar-refractivity contribution is 0.0520. The van der Waals surface area contributed by atoms with E-state index >= 15 is 0 Å². The SMILES string of the molecule is CCCCN1CCCC[C@@H]1CNC(=O)N(C)C1CCOCC1. The highest BCUT2D eigenvalue weighted by Gasteiger charge is 2.25. The largest absolute Gasteiger partial charge is 0.381 e. The molecule has 2 rings (SSSR count). The van der Waals surface area contributed by atoms with Gasteiger partial charge in [0.05, 0.1) is 0 Å². The molecule has 2 aliphatic rings. The van der Waals surface area contributed by atoms with Gasteiger partial charge in [-0.1, -0.05) is 19.8 Å². The summed E-state index contributed by atoms with van der Waals surface area (Å²) in [6.45, 7) is 6.94. The molecule has 5 nitrogen and oxygen atoms in total. The number of urea groups is 1. The zero-order valence-corrected chi connectivity index (χ0v) is 14.4. The summed E-state index contributed by atoms with van der Waals surface area (Å²) in [6, 6.07) is 0.927. The van der Waals surface area contributed by atoms with Gasteiger partial charge in [-0.3, -0.25) is 4.90 Å². The summed E-state index contributed by atoms with van der Waals surface area (Å²) >= 11 is 0. The van der Waals surface area contributed by atoms with Crippen LogP contribution in [-0.4, -0.2) is 67.8 Å². The van der Waals surface area contributed by atoms with Gasteiger partial charge in [-0.15, -0.1) is 0 Å². The number of amides is 2. The van der Waals surface area contributed by atoms with Crippen molar-refractivity contribution in [3.8, 4) is 0 Å². The first-order valence-corrected chi connectivity index (χ1v) is 9.04. The number of piperidine rings is 1. The van der Waals surface area contributed by atoms with Crippen molar-refractivity contribution in [3.63, 3.8) is 0 Å². The molecular weight excluding hydrogens is 278 g/mol. The fraction of sp³-hybridized carbons (Fsp3) is 0.941. The summed E-state index contributed by atoms with van der Waals surface area (Å²) in [7, 11) is 1.92. The minimum Gasteiger partial charge on any atom is -0.381 e. The molecule has 2 amide bonds. The molecule has 0 aliphatic carbocycles. The average molecular weight is 311 g/mol. The van der Waals surface area contributed by atoms with Crippen molar-refractivity contribution >= 4 is 6.03 Å². The van der Waals surface area contributed by atoms with Gasteiger partial charge in [0.15, 0.2) is 0 Å². The summed E-state index contributed by atoms with van der Waals surface area (Å²) < 4.78 is 5.37. The highest BCUT2D eigenvalue weighted by Crippen LogP contribution is 2.17. The number of nitrogens with zero attached hydrogens (tertiary/aromatic N) is 2. The highest BCUT2D eigenvalue weighted by atomic mass is 16.5. The number of nitrogens with one attached hydrogen (secondary N) is 1. The number of ether oxygens (including phenoxy) is 1. The summed E-state index contributed by atoms with van der Waals surface area (Å²) in [5.41, 5.74) is 0. The third-order valence-electron chi connectivity index (χ3n) is 5.10. The van der Waals surface area contributed by atoms with Crippen LogP contribution >= 0.6 is 0 Å². The lowest BCUT2D eigenvalue weighted by Gasteiger charge is -2.37. The van der Waals surface area contributed by atoms with Crippen molar-refractivity contribution in [1.29, 1.82) is 0 Å². The number of carbonyl (C=O) groups excluding carboxylic acids is 1. The number of hydrogen-bond donors (Lipinski definition) is 1. The normalized spacial score (nSPS) is 24.2. The fourth-order valence-corrected chi connectivity index (χ4v) is 3.51. The van der Waals surface area contributed by atoms with E-state index in [0.717, 1.165) is 32.6 Å². The molecule has 128 valence electrons. The first kappa shape index (κ1) is 17.5. The molecular formula is C17H33N3O2. The molecule has 0 aromatic carbocycles. The van der Waals surface area contributed by atoms with Gasteiger partial charge in [0.25, 0.3) is 0 Å². The smallest absolute Gasteiger partial charge is 0.317 e. The predicted molar refractivity (Wildman–Crippen MR) is 89.1 cm³/mol. The second kappa shape index (κ2) is 9.36. The van der Waals surface area contributed by atoms with Gasteiger partial charge in [-0.05, 0) is 45.2 Å².